The number of ether oxygens (including phenoxy) is 3. The highest BCUT2D eigenvalue weighted by Gasteiger charge is 2.24. The third-order valence-electron chi connectivity index (χ3n) is 4.52. The molecule has 7 nitrogen and oxygen atoms in total. The molecule has 150 valence electrons. The number of alkyl carbamates (subject to hydrolysis) is 1. The van der Waals surface area contributed by atoms with Gasteiger partial charge in [-0.05, 0) is 36.5 Å². The van der Waals surface area contributed by atoms with Gasteiger partial charge in [0.15, 0.2) is 11.5 Å². The number of piperidine rings is 1. The number of methoxy groups -OCH3 is 2. The summed E-state index contributed by atoms with van der Waals surface area (Å²) in [5, 5.41) is 2.88. The standard InChI is InChI=1S/C20H30N2O5/c1-14(2)13-27-20(24)21-16-7-9-22(10-8-16)19(23)12-15-5-6-17(25-3)18(11-15)26-4/h5-6,11,14,16H,7-10,12-13H2,1-4H3,(H,21,24). The van der Waals surface area contributed by atoms with Crippen LogP contribution in [0.5, 0.6) is 11.5 Å². The summed E-state index contributed by atoms with van der Waals surface area (Å²) < 4.78 is 15.7. The zero-order valence-corrected chi connectivity index (χ0v) is 16.6. The van der Waals surface area contributed by atoms with E-state index in [2.05, 4.69) is 5.32 Å². The van der Waals surface area contributed by atoms with Crippen molar-refractivity contribution in [1.29, 1.82) is 0 Å². The van der Waals surface area contributed by atoms with Crippen molar-refractivity contribution in [3.05, 3.63) is 23.8 Å². The summed E-state index contributed by atoms with van der Waals surface area (Å²) in [6.07, 6.45) is 1.40. The van der Waals surface area contributed by atoms with Crippen molar-refractivity contribution in [3.8, 4) is 11.5 Å². The molecule has 1 saturated heterocycles. The monoisotopic (exact) mass is 378 g/mol. The van der Waals surface area contributed by atoms with Gasteiger partial charge < -0.3 is 24.4 Å². The van der Waals surface area contributed by atoms with Crippen molar-refractivity contribution in [2.45, 2.75) is 39.2 Å². The second kappa shape index (κ2) is 10.0. The Hall–Kier alpha value is -2.44. The van der Waals surface area contributed by atoms with E-state index in [1.807, 2.05) is 30.9 Å². The molecule has 0 bridgehead atoms. The maximum atomic E-state index is 12.6. The van der Waals surface area contributed by atoms with E-state index in [0.29, 0.717) is 43.5 Å². The van der Waals surface area contributed by atoms with Crippen LogP contribution in [0.2, 0.25) is 0 Å². The summed E-state index contributed by atoms with van der Waals surface area (Å²) >= 11 is 0. The lowest BCUT2D eigenvalue weighted by molar-refractivity contribution is -0.131. The van der Waals surface area contributed by atoms with Gasteiger partial charge in [-0.25, -0.2) is 4.79 Å². The highest BCUT2D eigenvalue weighted by molar-refractivity contribution is 5.79. The Balaban J connectivity index is 1.80. The van der Waals surface area contributed by atoms with Gasteiger partial charge in [0.05, 0.1) is 27.2 Å². The maximum Gasteiger partial charge on any atom is 0.407 e. The van der Waals surface area contributed by atoms with E-state index < -0.39 is 0 Å². The molecule has 0 spiro atoms. The molecule has 0 radical (unpaired) electrons. The van der Waals surface area contributed by atoms with E-state index in [1.54, 1.807) is 20.3 Å². The molecule has 1 aromatic carbocycles. The molecule has 1 heterocycles. The van der Waals surface area contributed by atoms with Crippen LogP contribution in [-0.2, 0) is 16.0 Å². The van der Waals surface area contributed by atoms with Crippen LogP contribution in [0, 0.1) is 5.92 Å². The first-order valence-corrected chi connectivity index (χ1v) is 9.35. The average Bonchev–Trinajstić information content (AvgIpc) is 2.66. The van der Waals surface area contributed by atoms with Gasteiger partial charge in [0.25, 0.3) is 0 Å². The van der Waals surface area contributed by atoms with Crippen LogP contribution in [0.25, 0.3) is 0 Å². The summed E-state index contributed by atoms with van der Waals surface area (Å²) in [6, 6.07) is 5.56. The normalized spacial score (nSPS) is 14.8. The molecule has 1 aliphatic heterocycles. The van der Waals surface area contributed by atoms with Gasteiger partial charge in [-0.2, -0.15) is 0 Å². The van der Waals surface area contributed by atoms with Gasteiger partial charge >= 0.3 is 6.09 Å². The molecular formula is C20H30N2O5. The smallest absolute Gasteiger partial charge is 0.407 e. The van der Waals surface area contributed by atoms with Crippen molar-refractivity contribution >= 4 is 12.0 Å². The van der Waals surface area contributed by atoms with Crippen LogP contribution in [0.3, 0.4) is 0 Å². The number of hydrogen-bond donors (Lipinski definition) is 1. The van der Waals surface area contributed by atoms with Gasteiger partial charge in [0, 0.05) is 19.1 Å². The van der Waals surface area contributed by atoms with Gasteiger partial charge in [0.1, 0.15) is 0 Å². The Labute approximate surface area is 161 Å². The van der Waals surface area contributed by atoms with E-state index >= 15 is 0 Å². The van der Waals surface area contributed by atoms with Crippen LogP contribution in [0.4, 0.5) is 4.79 Å². The highest BCUT2D eigenvalue weighted by atomic mass is 16.5. The summed E-state index contributed by atoms with van der Waals surface area (Å²) in [5.74, 6) is 1.64. The van der Waals surface area contributed by atoms with E-state index in [0.717, 1.165) is 18.4 Å². The highest BCUT2D eigenvalue weighted by Crippen LogP contribution is 2.28. The zero-order chi connectivity index (χ0) is 19.8. The zero-order valence-electron chi connectivity index (χ0n) is 16.6. The molecule has 2 rings (SSSR count). The van der Waals surface area contributed by atoms with E-state index in [4.69, 9.17) is 14.2 Å². The Bertz CT molecular complexity index is 639. The fourth-order valence-corrected chi connectivity index (χ4v) is 3.00. The minimum absolute atomic E-state index is 0.0507. The Morgan fingerprint density at radius 1 is 1.15 bits per heavy atom. The Kier molecular flexibility index (Phi) is 7.76. The van der Waals surface area contributed by atoms with Gasteiger partial charge in [-0.3, -0.25) is 4.79 Å². The van der Waals surface area contributed by atoms with E-state index in [-0.39, 0.29) is 18.0 Å². The molecule has 0 aliphatic carbocycles. The number of carbonyl (C=O) groups excluding carboxylic acids is 2. The van der Waals surface area contributed by atoms with Crippen molar-refractivity contribution in [2.24, 2.45) is 5.92 Å². The van der Waals surface area contributed by atoms with Crippen LogP contribution in [0.15, 0.2) is 18.2 Å². The second-order valence-corrected chi connectivity index (χ2v) is 7.16. The number of nitrogens with zero attached hydrogens (tertiary/aromatic N) is 1. The molecule has 7 heteroatoms. The average molecular weight is 378 g/mol. The molecule has 27 heavy (non-hydrogen) atoms. The summed E-state index contributed by atoms with van der Waals surface area (Å²) in [4.78, 5) is 26.2. The molecular weight excluding hydrogens is 348 g/mol. The molecule has 0 saturated carbocycles. The number of hydrogen-bond acceptors (Lipinski definition) is 5. The number of amides is 2. The lowest BCUT2D eigenvalue weighted by Gasteiger charge is -2.32. The number of carbonyl (C=O) groups is 2. The molecule has 1 N–H and O–H groups in total. The topological polar surface area (TPSA) is 77.1 Å². The fraction of sp³-hybridized carbons (Fsp3) is 0.600. The molecule has 1 aromatic rings. The van der Waals surface area contributed by atoms with Crippen LogP contribution in [-0.4, -0.2) is 56.9 Å². The van der Waals surface area contributed by atoms with Crippen LogP contribution < -0.4 is 14.8 Å². The third-order valence-corrected chi connectivity index (χ3v) is 4.52. The molecule has 0 atom stereocenters. The lowest BCUT2D eigenvalue weighted by Crippen LogP contribution is -2.47. The Morgan fingerprint density at radius 2 is 1.81 bits per heavy atom. The van der Waals surface area contributed by atoms with Gasteiger partial charge in [-0.15, -0.1) is 0 Å². The van der Waals surface area contributed by atoms with Crippen molar-refractivity contribution in [3.63, 3.8) is 0 Å². The molecule has 0 unspecified atom stereocenters. The quantitative estimate of drug-likeness (QED) is 0.789. The van der Waals surface area contributed by atoms with Crippen molar-refractivity contribution in [2.75, 3.05) is 33.9 Å². The Morgan fingerprint density at radius 3 is 2.41 bits per heavy atom. The summed E-state index contributed by atoms with van der Waals surface area (Å²) in [5.41, 5.74) is 0.884. The molecule has 1 fully saturated rings. The number of nitrogens with one attached hydrogen (secondary N) is 1. The number of rotatable bonds is 7. The SMILES string of the molecule is COc1ccc(CC(=O)N2CCC(NC(=O)OCC(C)C)CC2)cc1OC. The molecule has 1 aliphatic rings. The molecule has 2 amide bonds. The predicted octanol–water partition coefficient (Wildman–Crippen LogP) is 2.62. The van der Waals surface area contributed by atoms with Crippen molar-refractivity contribution in [1.82, 2.24) is 10.2 Å². The maximum absolute atomic E-state index is 12.6. The first-order valence-electron chi connectivity index (χ1n) is 9.35. The summed E-state index contributed by atoms with van der Waals surface area (Å²) in [6.45, 7) is 5.66. The van der Waals surface area contributed by atoms with E-state index in [1.165, 1.54) is 0 Å². The fourth-order valence-electron chi connectivity index (χ4n) is 3.00. The van der Waals surface area contributed by atoms with Crippen LogP contribution in [0.1, 0.15) is 32.3 Å². The minimum atomic E-state index is -0.376. The number of benzene rings is 1. The second-order valence-electron chi connectivity index (χ2n) is 7.16. The molecule has 0 aromatic heterocycles. The van der Waals surface area contributed by atoms with Crippen LogP contribution >= 0.6 is 0 Å². The van der Waals surface area contributed by atoms with Gasteiger partial charge in [0.2, 0.25) is 5.91 Å². The van der Waals surface area contributed by atoms with Gasteiger partial charge in [-0.1, -0.05) is 19.9 Å². The largest absolute Gasteiger partial charge is 0.493 e. The first-order chi connectivity index (χ1) is 12.9. The van der Waals surface area contributed by atoms with E-state index in [9.17, 15) is 9.59 Å². The van der Waals surface area contributed by atoms with Crippen molar-refractivity contribution < 1.29 is 23.8 Å². The number of likely N-dealkylation sites (tertiary alicyclic amines) is 1. The lowest BCUT2D eigenvalue weighted by atomic mass is 10.0. The first kappa shape index (κ1) is 20.9. The third kappa shape index (κ3) is 6.34. The minimum Gasteiger partial charge on any atom is -0.493 e. The predicted molar refractivity (Wildman–Crippen MR) is 102 cm³/mol. The summed E-state index contributed by atoms with van der Waals surface area (Å²) in [7, 11) is 3.16.